The number of likely N-dealkylation sites (N-methyl/N-ethyl adjacent to an activating group) is 1. The van der Waals surface area contributed by atoms with Gasteiger partial charge in [-0.25, -0.2) is 4.98 Å². The summed E-state index contributed by atoms with van der Waals surface area (Å²) in [6.07, 6.45) is 3.57. The highest BCUT2D eigenvalue weighted by Crippen LogP contribution is 2.28. The summed E-state index contributed by atoms with van der Waals surface area (Å²) in [6.45, 7) is 1.04. The molecule has 1 saturated carbocycles. The summed E-state index contributed by atoms with van der Waals surface area (Å²) in [5, 5.41) is 10.8. The van der Waals surface area contributed by atoms with Gasteiger partial charge in [-0.2, -0.15) is 4.98 Å². The molecule has 18 heavy (non-hydrogen) atoms. The molecule has 0 atom stereocenters. The predicted molar refractivity (Wildman–Crippen MR) is 64.2 cm³/mol. The van der Waals surface area contributed by atoms with Crippen LogP contribution in [0, 0.1) is 10.1 Å². The van der Waals surface area contributed by atoms with Crippen LogP contribution in [0.15, 0.2) is 6.33 Å². The maximum absolute atomic E-state index is 10.8. The Hall–Kier alpha value is -1.96. The number of nitro groups is 1. The van der Waals surface area contributed by atoms with Crippen molar-refractivity contribution in [1.82, 2.24) is 14.9 Å². The van der Waals surface area contributed by atoms with Gasteiger partial charge in [-0.1, -0.05) is 0 Å². The monoisotopic (exact) mass is 253 g/mol. The van der Waals surface area contributed by atoms with E-state index in [1.807, 2.05) is 7.05 Å². The van der Waals surface area contributed by atoms with E-state index in [-0.39, 0.29) is 17.4 Å². The Balaban J connectivity index is 1.95. The van der Waals surface area contributed by atoms with Crippen molar-refractivity contribution in [3.63, 3.8) is 0 Å². The Morgan fingerprint density at radius 1 is 1.61 bits per heavy atom. The van der Waals surface area contributed by atoms with Gasteiger partial charge in [-0.15, -0.1) is 0 Å². The zero-order chi connectivity index (χ0) is 13.1. The van der Waals surface area contributed by atoms with E-state index in [0.717, 1.165) is 6.33 Å². The number of hydrogen-bond donors (Lipinski definition) is 1. The molecule has 2 rings (SSSR count). The van der Waals surface area contributed by atoms with Crippen LogP contribution in [-0.2, 0) is 0 Å². The molecule has 0 aromatic carbocycles. The summed E-state index contributed by atoms with van der Waals surface area (Å²) in [5.41, 5.74) is 5.06. The molecule has 0 radical (unpaired) electrons. The Morgan fingerprint density at radius 3 is 2.94 bits per heavy atom. The van der Waals surface area contributed by atoms with Gasteiger partial charge in [0, 0.05) is 12.6 Å². The average Bonchev–Trinajstić information content (AvgIpc) is 3.12. The van der Waals surface area contributed by atoms with Crippen LogP contribution in [0.1, 0.15) is 12.8 Å². The number of rotatable bonds is 6. The van der Waals surface area contributed by atoms with Gasteiger partial charge in [-0.3, -0.25) is 10.1 Å². The summed E-state index contributed by atoms with van der Waals surface area (Å²) in [4.78, 5) is 19.7. The van der Waals surface area contributed by atoms with E-state index in [1.54, 1.807) is 0 Å². The molecule has 1 fully saturated rings. The smallest absolute Gasteiger partial charge is 0.372 e. The average molecular weight is 253 g/mol. The molecule has 0 spiro atoms. The van der Waals surface area contributed by atoms with Gasteiger partial charge in [0.25, 0.3) is 5.88 Å². The number of hydrogen-bond acceptors (Lipinski definition) is 7. The molecule has 98 valence electrons. The molecular formula is C10H15N5O3. The highest BCUT2D eigenvalue weighted by molar-refractivity contribution is 5.57. The van der Waals surface area contributed by atoms with E-state index in [2.05, 4.69) is 14.9 Å². The lowest BCUT2D eigenvalue weighted by molar-refractivity contribution is -0.385. The predicted octanol–water partition coefficient (Wildman–Crippen LogP) is 0.440. The van der Waals surface area contributed by atoms with Crippen LogP contribution in [0.4, 0.5) is 11.5 Å². The van der Waals surface area contributed by atoms with Crippen LogP contribution >= 0.6 is 0 Å². The number of anilines is 1. The SMILES string of the molecule is CN(CCOc1ncnc(N)c1[N+](=O)[O-])C1CC1. The molecule has 1 heterocycles. The van der Waals surface area contributed by atoms with Gasteiger partial charge in [0.15, 0.2) is 0 Å². The number of ether oxygens (including phenoxy) is 1. The molecule has 0 unspecified atom stereocenters. The maximum atomic E-state index is 10.8. The number of nitrogen functional groups attached to an aromatic ring is 1. The second-order valence-corrected chi connectivity index (χ2v) is 4.23. The van der Waals surface area contributed by atoms with Gasteiger partial charge >= 0.3 is 5.69 Å². The third-order valence-corrected chi connectivity index (χ3v) is 2.85. The van der Waals surface area contributed by atoms with Crippen molar-refractivity contribution in [2.24, 2.45) is 0 Å². The molecule has 0 aliphatic heterocycles. The van der Waals surface area contributed by atoms with Gasteiger partial charge in [-0.05, 0) is 19.9 Å². The zero-order valence-electron chi connectivity index (χ0n) is 10.1. The number of nitrogens with two attached hydrogens (primary N) is 1. The lowest BCUT2D eigenvalue weighted by Crippen LogP contribution is -2.26. The Bertz CT molecular complexity index is 449. The summed E-state index contributed by atoms with van der Waals surface area (Å²) < 4.78 is 5.31. The third kappa shape index (κ3) is 2.83. The van der Waals surface area contributed by atoms with Crippen molar-refractivity contribution >= 4 is 11.5 Å². The van der Waals surface area contributed by atoms with Crippen molar-refractivity contribution in [3.8, 4) is 5.88 Å². The summed E-state index contributed by atoms with van der Waals surface area (Å²) in [5.74, 6) is -0.253. The van der Waals surface area contributed by atoms with E-state index in [4.69, 9.17) is 10.5 Å². The summed E-state index contributed by atoms with van der Waals surface area (Å²) >= 11 is 0. The van der Waals surface area contributed by atoms with Crippen LogP contribution in [0.25, 0.3) is 0 Å². The van der Waals surface area contributed by atoms with Crippen molar-refractivity contribution in [1.29, 1.82) is 0 Å². The van der Waals surface area contributed by atoms with Crippen LogP contribution < -0.4 is 10.5 Å². The fourth-order valence-electron chi connectivity index (χ4n) is 1.64. The minimum absolute atomic E-state index is 0.0725. The van der Waals surface area contributed by atoms with Crippen LogP contribution in [-0.4, -0.2) is 46.0 Å². The second-order valence-electron chi connectivity index (χ2n) is 4.23. The first-order valence-electron chi connectivity index (χ1n) is 5.67. The molecule has 1 aromatic heterocycles. The standard InChI is InChI=1S/C10H15N5O3/c1-14(7-2-3-7)4-5-18-10-8(15(16)17)9(11)12-6-13-10/h6-7H,2-5H2,1H3,(H2,11,12,13). The van der Waals surface area contributed by atoms with E-state index in [0.29, 0.717) is 19.2 Å². The zero-order valence-corrected chi connectivity index (χ0v) is 10.1. The molecular weight excluding hydrogens is 238 g/mol. The van der Waals surface area contributed by atoms with Crippen LogP contribution in [0.5, 0.6) is 5.88 Å². The highest BCUT2D eigenvalue weighted by Gasteiger charge is 2.26. The molecule has 1 aliphatic carbocycles. The topological polar surface area (TPSA) is 107 Å². The fourth-order valence-corrected chi connectivity index (χ4v) is 1.64. The first-order valence-corrected chi connectivity index (χ1v) is 5.67. The van der Waals surface area contributed by atoms with Crippen LogP contribution in [0.3, 0.4) is 0 Å². The third-order valence-electron chi connectivity index (χ3n) is 2.85. The fraction of sp³-hybridized carbons (Fsp3) is 0.600. The first kappa shape index (κ1) is 12.5. The Morgan fingerprint density at radius 2 is 2.33 bits per heavy atom. The molecule has 8 heteroatoms. The number of aromatic nitrogens is 2. The van der Waals surface area contributed by atoms with Crippen molar-refractivity contribution in [3.05, 3.63) is 16.4 Å². The van der Waals surface area contributed by atoms with E-state index >= 15 is 0 Å². The summed E-state index contributed by atoms with van der Waals surface area (Å²) in [6, 6.07) is 0.624. The van der Waals surface area contributed by atoms with E-state index in [9.17, 15) is 10.1 Å². The molecule has 1 aromatic rings. The lowest BCUT2D eigenvalue weighted by Gasteiger charge is -2.15. The highest BCUT2D eigenvalue weighted by atomic mass is 16.6. The Kier molecular flexibility index (Phi) is 3.56. The molecule has 1 aliphatic rings. The van der Waals surface area contributed by atoms with Gasteiger partial charge in [0.2, 0.25) is 5.82 Å². The quantitative estimate of drug-likeness (QED) is 0.578. The summed E-state index contributed by atoms with van der Waals surface area (Å²) in [7, 11) is 2.00. The minimum atomic E-state index is -0.630. The van der Waals surface area contributed by atoms with Gasteiger partial charge in [0.05, 0.1) is 4.92 Å². The normalized spacial score (nSPS) is 14.8. The van der Waals surface area contributed by atoms with Crippen LogP contribution in [0.2, 0.25) is 0 Å². The molecule has 0 amide bonds. The van der Waals surface area contributed by atoms with Gasteiger partial charge < -0.3 is 15.4 Å². The molecule has 0 saturated heterocycles. The maximum Gasteiger partial charge on any atom is 0.372 e. The molecule has 8 nitrogen and oxygen atoms in total. The molecule has 2 N–H and O–H groups in total. The number of nitrogens with zero attached hydrogens (tertiary/aromatic N) is 4. The van der Waals surface area contributed by atoms with Crippen molar-refractivity contribution in [2.45, 2.75) is 18.9 Å². The van der Waals surface area contributed by atoms with Crippen molar-refractivity contribution in [2.75, 3.05) is 25.9 Å². The van der Waals surface area contributed by atoms with Gasteiger partial charge in [0.1, 0.15) is 12.9 Å². The minimum Gasteiger partial charge on any atom is -0.471 e. The molecule has 0 bridgehead atoms. The largest absolute Gasteiger partial charge is 0.471 e. The Labute approximate surface area is 104 Å². The van der Waals surface area contributed by atoms with E-state index < -0.39 is 4.92 Å². The van der Waals surface area contributed by atoms with E-state index in [1.165, 1.54) is 12.8 Å². The second kappa shape index (κ2) is 5.13. The lowest BCUT2D eigenvalue weighted by atomic mass is 10.4. The van der Waals surface area contributed by atoms with Crippen molar-refractivity contribution < 1.29 is 9.66 Å². The first-order chi connectivity index (χ1) is 8.59.